The summed E-state index contributed by atoms with van der Waals surface area (Å²) in [7, 11) is -8.54. The van der Waals surface area contributed by atoms with Gasteiger partial charge in [-0.25, -0.2) is 4.79 Å². The van der Waals surface area contributed by atoms with Gasteiger partial charge in [0.05, 0.1) is 0 Å². The second kappa shape index (κ2) is 7.44. The maximum absolute atomic E-state index is 10.1. The number of ketones is 1. The molecule has 0 aromatic rings. The Labute approximate surface area is 94.6 Å². The average molecular weight is 292 g/mol. The molecule has 0 fully saturated rings. The molecule has 5 N–H and O–H groups in total. The first kappa shape index (κ1) is 18.5. The van der Waals surface area contributed by atoms with E-state index in [0.717, 1.165) is 0 Å². The summed E-state index contributed by atoms with van der Waals surface area (Å²) in [6, 6.07) is 0. The molecule has 0 unspecified atom stereocenters. The SMILES string of the molecule is O=C(O)C(=O)CP(=O)(O)O.O=CCP(=O)(O)O. The Morgan fingerprint density at radius 2 is 1.41 bits per heavy atom. The fraction of sp³-hybridized carbons (Fsp3) is 0.400. The van der Waals surface area contributed by atoms with Crippen molar-refractivity contribution in [2.45, 2.75) is 0 Å². The van der Waals surface area contributed by atoms with Crippen LogP contribution in [0, 0.1) is 0 Å². The van der Waals surface area contributed by atoms with Crippen molar-refractivity contribution in [2.24, 2.45) is 0 Å². The highest BCUT2D eigenvalue weighted by Gasteiger charge is 2.23. The smallest absolute Gasteiger partial charge is 0.372 e. The summed E-state index contributed by atoms with van der Waals surface area (Å²) in [4.78, 5) is 61.0. The maximum atomic E-state index is 10.1. The highest BCUT2D eigenvalue weighted by molar-refractivity contribution is 7.53. The van der Waals surface area contributed by atoms with E-state index in [1.165, 1.54) is 0 Å². The third-order valence-electron chi connectivity index (χ3n) is 0.900. The Morgan fingerprint density at radius 3 is 1.47 bits per heavy atom. The molecule has 0 rings (SSSR count). The highest BCUT2D eigenvalue weighted by Crippen LogP contribution is 2.33. The van der Waals surface area contributed by atoms with E-state index in [-0.39, 0.29) is 6.29 Å². The minimum absolute atomic E-state index is 0.195. The Bertz CT molecular complexity index is 374. The van der Waals surface area contributed by atoms with Crippen molar-refractivity contribution in [1.82, 2.24) is 0 Å². The number of carboxylic acid groups (broad SMARTS) is 1. The molecule has 0 bridgehead atoms. The predicted molar refractivity (Wildman–Crippen MR) is 52.5 cm³/mol. The van der Waals surface area contributed by atoms with E-state index in [0.29, 0.717) is 0 Å². The highest BCUT2D eigenvalue weighted by atomic mass is 31.2. The number of carbonyl (C=O) groups excluding carboxylic acids is 2. The van der Waals surface area contributed by atoms with Gasteiger partial charge in [0.1, 0.15) is 18.6 Å². The van der Waals surface area contributed by atoms with Crippen LogP contribution in [0.3, 0.4) is 0 Å². The van der Waals surface area contributed by atoms with Gasteiger partial charge in [0.2, 0.25) is 0 Å². The zero-order chi connectivity index (χ0) is 14.3. The van der Waals surface area contributed by atoms with Gasteiger partial charge in [-0.05, 0) is 0 Å². The maximum Gasteiger partial charge on any atom is 0.372 e. The van der Waals surface area contributed by atoms with Crippen molar-refractivity contribution in [3.05, 3.63) is 0 Å². The van der Waals surface area contributed by atoms with E-state index < -0.39 is 39.3 Å². The molecule has 0 aromatic carbocycles. The quantitative estimate of drug-likeness (QED) is 0.219. The lowest BCUT2D eigenvalue weighted by molar-refractivity contribution is -0.148. The van der Waals surface area contributed by atoms with Crippen LogP contribution in [-0.4, -0.2) is 55.0 Å². The standard InChI is InChI=1S/C3H5O6P.C2H5O4P/c4-2(3(5)6)1-10(7,8)9;3-1-2-7(4,5)6/h1H2,(H,5,6)(H2,7,8,9);1H,2H2,(H2,4,5,6). The number of carbonyl (C=O) groups is 3. The van der Waals surface area contributed by atoms with Crippen LogP contribution in [0.2, 0.25) is 0 Å². The van der Waals surface area contributed by atoms with E-state index in [1.54, 1.807) is 0 Å². The van der Waals surface area contributed by atoms with Gasteiger partial charge in [0.25, 0.3) is 5.78 Å². The van der Waals surface area contributed by atoms with Gasteiger partial charge in [-0.3, -0.25) is 13.9 Å². The van der Waals surface area contributed by atoms with E-state index in [4.69, 9.17) is 24.7 Å². The van der Waals surface area contributed by atoms with Crippen LogP contribution >= 0.6 is 15.2 Å². The summed E-state index contributed by atoms with van der Waals surface area (Å²) in [5, 5.41) is 7.85. The van der Waals surface area contributed by atoms with Crippen molar-refractivity contribution in [1.29, 1.82) is 0 Å². The molecule has 0 saturated heterocycles. The Morgan fingerprint density at radius 1 is 1.00 bits per heavy atom. The van der Waals surface area contributed by atoms with Gasteiger partial charge >= 0.3 is 21.2 Å². The number of aldehydes is 1. The molecule has 12 heteroatoms. The molecule has 0 amide bonds. The van der Waals surface area contributed by atoms with Gasteiger partial charge in [0, 0.05) is 0 Å². The fourth-order valence-electron chi connectivity index (χ4n) is 0.352. The van der Waals surface area contributed by atoms with Crippen LogP contribution in [-0.2, 0) is 23.5 Å². The third kappa shape index (κ3) is 17.7. The van der Waals surface area contributed by atoms with Crippen molar-refractivity contribution >= 4 is 33.2 Å². The van der Waals surface area contributed by atoms with Crippen LogP contribution < -0.4 is 0 Å². The van der Waals surface area contributed by atoms with Crippen LogP contribution in [0.5, 0.6) is 0 Å². The number of hydrogen-bond donors (Lipinski definition) is 5. The molecule has 10 nitrogen and oxygen atoms in total. The van der Waals surface area contributed by atoms with Gasteiger partial charge < -0.3 is 29.5 Å². The van der Waals surface area contributed by atoms with Crippen LogP contribution in [0.15, 0.2) is 0 Å². The van der Waals surface area contributed by atoms with Crippen LogP contribution in [0.1, 0.15) is 0 Å². The molecule has 0 saturated carbocycles. The summed E-state index contributed by atoms with van der Waals surface area (Å²) in [6.07, 6.45) is -1.71. The summed E-state index contributed by atoms with van der Waals surface area (Å²) in [5.41, 5.74) is 0. The molecular weight excluding hydrogens is 282 g/mol. The molecular formula is C5H10O10P2. The average Bonchev–Trinajstić information content (AvgIpc) is 1.98. The molecule has 0 heterocycles. The van der Waals surface area contributed by atoms with Crippen molar-refractivity contribution in [3.8, 4) is 0 Å². The summed E-state index contributed by atoms with van der Waals surface area (Å²) in [5.74, 6) is -3.31. The Balaban J connectivity index is 0. The Kier molecular flexibility index (Phi) is 8.08. The van der Waals surface area contributed by atoms with Gasteiger partial charge in [-0.15, -0.1) is 0 Å². The molecule has 0 atom stereocenters. The zero-order valence-corrected chi connectivity index (χ0v) is 9.95. The van der Waals surface area contributed by atoms with E-state index in [9.17, 15) is 23.5 Å². The second-order valence-electron chi connectivity index (χ2n) is 2.57. The van der Waals surface area contributed by atoms with Crippen LogP contribution in [0.4, 0.5) is 0 Å². The van der Waals surface area contributed by atoms with Gasteiger partial charge in [-0.1, -0.05) is 0 Å². The van der Waals surface area contributed by atoms with E-state index in [1.807, 2.05) is 0 Å². The second-order valence-corrected chi connectivity index (χ2v) is 5.91. The lowest BCUT2D eigenvalue weighted by Gasteiger charge is -1.97. The number of rotatable bonds is 5. The lowest BCUT2D eigenvalue weighted by Crippen LogP contribution is -2.16. The summed E-state index contributed by atoms with van der Waals surface area (Å²) >= 11 is 0. The number of aliphatic carboxylic acids is 1. The normalized spacial score (nSPS) is 11.1. The van der Waals surface area contributed by atoms with E-state index >= 15 is 0 Å². The topological polar surface area (TPSA) is 186 Å². The molecule has 0 radical (unpaired) electrons. The van der Waals surface area contributed by atoms with Gasteiger partial charge in [-0.2, -0.15) is 0 Å². The van der Waals surface area contributed by atoms with E-state index in [2.05, 4.69) is 0 Å². The van der Waals surface area contributed by atoms with Gasteiger partial charge in [0.15, 0.2) is 0 Å². The van der Waals surface area contributed by atoms with Crippen molar-refractivity contribution in [2.75, 3.05) is 12.3 Å². The first-order chi connectivity index (χ1) is 7.39. The first-order valence-corrected chi connectivity index (χ1v) is 7.27. The molecule has 0 spiro atoms. The minimum atomic E-state index is -4.51. The van der Waals surface area contributed by atoms with Crippen molar-refractivity contribution in [3.63, 3.8) is 0 Å². The van der Waals surface area contributed by atoms with Crippen LogP contribution in [0.25, 0.3) is 0 Å². The molecule has 0 aromatic heterocycles. The monoisotopic (exact) mass is 292 g/mol. The van der Waals surface area contributed by atoms with Crippen molar-refractivity contribution < 1.29 is 48.2 Å². The molecule has 0 aliphatic carbocycles. The molecule has 17 heavy (non-hydrogen) atoms. The fourth-order valence-corrected chi connectivity index (χ4v) is 1.06. The lowest BCUT2D eigenvalue weighted by atomic mass is 10.5. The number of Topliss-reactive ketones (excluding diaryl/α,β-unsaturated/α-hetero) is 1. The summed E-state index contributed by atoms with van der Waals surface area (Å²) < 4.78 is 19.7. The third-order valence-corrected chi connectivity index (χ3v) is 2.22. The predicted octanol–water partition coefficient (Wildman–Crippen LogP) is -1.82. The number of hydrogen-bond acceptors (Lipinski definition) is 5. The molecule has 0 aliphatic rings. The summed E-state index contributed by atoms with van der Waals surface area (Å²) in [6.45, 7) is 0. The molecule has 0 aliphatic heterocycles. The molecule has 100 valence electrons. The zero-order valence-electron chi connectivity index (χ0n) is 8.16. The Hall–Kier alpha value is -0.890. The largest absolute Gasteiger partial charge is 0.475 e. The minimum Gasteiger partial charge on any atom is -0.475 e. The number of carboxylic acids is 1. The first-order valence-electron chi connectivity index (χ1n) is 3.68.